The molecule has 3 nitrogen and oxygen atoms in total. The van der Waals surface area contributed by atoms with Gasteiger partial charge in [-0.25, -0.2) is 4.39 Å². The van der Waals surface area contributed by atoms with Crippen molar-refractivity contribution in [3.05, 3.63) is 35.6 Å². The SMILES string of the molecule is CC(C)(CO)NCC(=O)c1ccc(F)cc1. The number of aliphatic hydroxyl groups is 1. The molecule has 0 saturated heterocycles. The van der Waals surface area contributed by atoms with E-state index in [-0.39, 0.29) is 24.8 Å². The van der Waals surface area contributed by atoms with Gasteiger partial charge in [0.05, 0.1) is 13.2 Å². The largest absolute Gasteiger partial charge is 0.394 e. The topological polar surface area (TPSA) is 49.3 Å². The fraction of sp³-hybridized carbons (Fsp3) is 0.417. The fourth-order valence-electron chi connectivity index (χ4n) is 1.11. The minimum Gasteiger partial charge on any atom is -0.394 e. The molecular formula is C12H16FNO2. The predicted octanol–water partition coefficient (Wildman–Crippen LogP) is 1.37. The van der Waals surface area contributed by atoms with Crippen molar-refractivity contribution >= 4 is 5.78 Å². The van der Waals surface area contributed by atoms with Gasteiger partial charge in [-0.05, 0) is 38.1 Å². The predicted molar refractivity (Wildman–Crippen MR) is 59.9 cm³/mol. The van der Waals surface area contributed by atoms with Crippen LogP contribution in [0.25, 0.3) is 0 Å². The summed E-state index contributed by atoms with van der Waals surface area (Å²) >= 11 is 0. The van der Waals surface area contributed by atoms with Crippen molar-refractivity contribution in [2.75, 3.05) is 13.2 Å². The van der Waals surface area contributed by atoms with Gasteiger partial charge in [0.2, 0.25) is 0 Å². The van der Waals surface area contributed by atoms with Crippen LogP contribution >= 0.6 is 0 Å². The Labute approximate surface area is 94.3 Å². The first-order chi connectivity index (χ1) is 7.44. The first-order valence-electron chi connectivity index (χ1n) is 5.09. The van der Waals surface area contributed by atoms with Crippen LogP contribution in [-0.2, 0) is 0 Å². The quantitative estimate of drug-likeness (QED) is 0.744. The molecule has 0 saturated carbocycles. The molecule has 0 unspecified atom stereocenters. The number of carbonyl (C=O) groups excluding carboxylic acids is 1. The van der Waals surface area contributed by atoms with Crippen molar-refractivity contribution in [2.45, 2.75) is 19.4 Å². The lowest BCUT2D eigenvalue weighted by Crippen LogP contribution is -2.45. The van der Waals surface area contributed by atoms with Gasteiger partial charge in [-0.3, -0.25) is 4.79 Å². The Bertz CT molecular complexity index is 360. The maximum absolute atomic E-state index is 12.6. The van der Waals surface area contributed by atoms with Crippen LogP contribution in [0, 0.1) is 5.82 Å². The van der Waals surface area contributed by atoms with E-state index in [4.69, 9.17) is 5.11 Å². The Morgan fingerprint density at radius 2 is 1.94 bits per heavy atom. The summed E-state index contributed by atoms with van der Waals surface area (Å²) < 4.78 is 12.6. The summed E-state index contributed by atoms with van der Waals surface area (Å²) in [5.41, 5.74) is -0.0296. The Kier molecular flexibility index (Phi) is 4.15. The average molecular weight is 225 g/mol. The van der Waals surface area contributed by atoms with Crippen molar-refractivity contribution in [3.63, 3.8) is 0 Å². The molecule has 1 aromatic carbocycles. The smallest absolute Gasteiger partial charge is 0.176 e. The minimum atomic E-state index is -0.490. The maximum atomic E-state index is 12.6. The second-order valence-electron chi connectivity index (χ2n) is 4.33. The molecule has 0 heterocycles. The molecule has 0 spiro atoms. The van der Waals surface area contributed by atoms with E-state index < -0.39 is 5.54 Å². The highest BCUT2D eigenvalue weighted by molar-refractivity contribution is 5.97. The number of benzene rings is 1. The third kappa shape index (κ3) is 3.72. The zero-order valence-electron chi connectivity index (χ0n) is 9.46. The van der Waals surface area contributed by atoms with Crippen molar-refractivity contribution in [1.82, 2.24) is 5.32 Å². The molecule has 16 heavy (non-hydrogen) atoms. The number of hydrogen-bond donors (Lipinski definition) is 2. The lowest BCUT2D eigenvalue weighted by Gasteiger charge is -2.22. The summed E-state index contributed by atoms with van der Waals surface area (Å²) in [7, 11) is 0. The van der Waals surface area contributed by atoms with E-state index in [0.717, 1.165) is 0 Å². The van der Waals surface area contributed by atoms with E-state index >= 15 is 0 Å². The Morgan fingerprint density at radius 3 is 2.44 bits per heavy atom. The van der Waals surface area contributed by atoms with E-state index in [1.807, 2.05) is 0 Å². The first-order valence-corrected chi connectivity index (χ1v) is 5.09. The van der Waals surface area contributed by atoms with Crippen molar-refractivity contribution in [3.8, 4) is 0 Å². The van der Waals surface area contributed by atoms with Crippen molar-refractivity contribution in [1.29, 1.82) is 0 Å². The first kappa shape index (κ1) is 12.8. The molecule has 0 aliphatic rings. The summed E-state index contributed by atoms with van der Waals surface area (Å²) in [6, 6.07) is 5.41. The van der Waals surface area contributed by atoms with E-state index in [9.17, 15) is 9.18 Å². The van der Waals surface area contributed by atoms with Crippen molar-refractivity contribution < 1.29 is 14.3 Å². The number of rotatable bonds is 5. The molecule has 0 fully saturated rings. The maximum Gasteiger partial charge on any atom is 0.176 e. The molecule has 0 aliphatic carbocycles. The summed E-state index contributed by atoms with van der Waals surface area (Å²) in [4.78, 5) is 11.7. The Balaban J connectivity index is 2.56. The van der Waals surface area contributed by atoms with Crippen LogP contribution in [0.4, 0.5) is 4.39 Å². The summed E-state index contributed by atoms with van der Waals surface area (Å²) in [5.74, 6) is -0.485. The van der Waals surface area contributed by atoms with Crippen LogP contribution in [0.15, 0.2) is 24.3 Å². The second kappa shape index (κ2) is 5.18. The molecule has 1 rings (SSSR count). The lowest BCUT2D eigenvalue weighted by atomic mass is 10.1. The zero-order valence-corrected chi connectivity index (χ0v) is 9.46. The number of ketones is 1. The van der Waals surface area contributed by atoms with Gasteiger partial charge in [-0.1, -0.05) is 0 Å². The summed E-state index contributed by atoms with van der Waals surface area (Å²) in [6.07, 6.45) is 0. The minimum absolute atomic E-state index is 0.0519. The van der Waals surface area contributed by atoms with Crippen LogP contribution in [-0.4, -0.2) is 29.6 Å². The third-order valence-corrected chi connectivity index (χ3v) is 2.29. The lowest BCUT2D eigenvalue weighted by molar-refractivity contribution is 0.0967. The molecule has 0 aromatic heterocycles. The van der Waals surface area contributed by atoms with Crippen LogP contribution in [0.3, 0.4) is 0 Å². The van der Waals surface area contributed by atoms with Gasteiger partial charge in [0.15, 0.2) is 5.78 Å². The van der Waals surface area contributed by atoms with E-state index in [0.29, 0.717) is 5.56 Å². The third-order valence-electron chi connectivity index (χ3n) is 2.29. The molecule has 1 aromatic rings. The van der Waals surface area contributed by atoms with Crippen molar-refractivity contribution in [2.24, 2.45) is 0 Å². The van der Waals surface area contributed by atoms with Crippen LogP contribution in [0.1, 0.15) is 24.2 Å². The number of carbonyl (C=O) groups is 1. The molecule has 2 N–H and O–H groups in total. The molecular weight excluding hydrogens is 209 g/mol. The number of Topliss-reactive ketones (excluding diaryl/α,β-unsaturated/α-hetero) is 1. The number of nitrogens with one attached hydrogen (secondary N) is 1. The second-order valence-corrected chi connectivity index (χ2v) is 4.33. The van der Waals surface area contributed by atoms with Gasteiger partial charge in [0, 0.05) is 11.1 Å². The normalized spacial score (nSPS) is 11.5. The summed E-state index contributed by atoms with van der Waals surface area (Å²) in [6.45, 7) is 3.67. The summed E-state index contributed by atoms with van der Waals surface area (Å²) in [5, 5.41) is 11.9. The standard InChI is InChI=1S/C12H16FNO2/c1-12(2,8-15)14-7-11(16)9-3-5-10(13)6-4-9/h3-6,14-15H,7-8H2,1-2H3. The van der Waals surface area contributed by atoms with Gasteiger partial charge in [-0.2, -0.15) is 0 Å². The van der Waals surface area contributed by atoms with Gasteiger partial charge in [-0.15, -0.1) is 0 Å². The molecule has 0 amide bonds. The zero-order chi connectivity index (χ0) is 12.2. The molecule has 0 atom stereocenters. The highest BCUT2D eigenvalue weighted by Crippen LogP contribution is 2.05. The number of aliphatic hydroxyl groups excluding tert-OH is 1. The van der Waals surface area contributed by atoms with Crippen LogP contribution < -0.4 is 5.32 Å². The highest BCUT2D eigenvalue weighted by atomic mass is 19.1. The molecule has 0 aliphatic heterocycles. The van der Waals surface area contributed by atoms with E-state index in [2.05, 4.69) is 5.32 Å². The van der Waals surface area contributed by atoms with Gasteiger partial charge in [0.25, 0.3) is 0 Å². The average Bonchev–Trinajstić information content (AvgIpc) is 2.27. The Hall–Kier alpha value is -1.26. The van der Waals surface area contributed by atoms with Gasteiger partial charge < -0.3 is 10.4 Å². The molecule has 4 heteroatoms. The monoisotopic (exact) mass is 225 g/mol. The highest BCUT2D eigenvalue weighted by Gasteiger charge is 2.17. The van der Waals surface area contributed by atoms with E-state index in [1.54, 1.807) is 13.8 Å². The molecule has 0 bridgehead atoms. The van der Waals surface area contributed by atoms with E-state index in [1.165, 1.54) is 24.3 Å². The number of hydrogen-bond acceptors (Lipinski definition) is 3. The Morgan fingerprint density at radius 1 is 1.38 bits per heavy atom. The van der Waals surface area contributed by atoms with Gasteiger partial charge in [0.1, 0.15) is 5.82 Å². The van der Waals surface area contributed by atoms with Crippen LogP contribution in [0.2, 0.25) is 0 Å². The molecule has 88 valence electrons. The number of halogens is 1. The fourth-order valence-corrected chi connectivity index (χ4v) is 1.11. The van der Waals surface area contributed by atoms with Crippen LogP contribution in [0.5, 0.6) is 0 Å². The van der Waals surface area contributed by atoms with Gasteiger partial charge >= 0.3 is 0 Å². The molecule has 0 radical (unpaired) electrons.